The summed E-state index contributed by atoms with van der Waals surface area (Å²) >= 11 is 7.37. The number of amides is 1. The number of halogens is 1. The van der Waals surface area contributed by atoms with Crippen molar-refractivity contribution >= 4 is 51.8 Å². The van der Waals surface area contributed by atoms with Gasteiger partial charge in [0.25, 0.3) is 11.6 Å². The molecule has 0 radical (unpaired) electrons. The van der Waals surface area contributed by atoms with Gasteiger partial charge in [0, 0.05) is 30.7 Å². The van der Waals surface area contributed by atoms with E-state index in [9.17, 15) is 14.9 Å². The minimum atomic E-state index is -0.604. The van der Waals surface area contributed by atoms with Gasteiger partial charge in [-0.2, -0.15) is 5.10 Å². The first kappa shape index (κ1) is 21.3. The molecule has 1 saturated heterocycles. The largest absolute Gasteiger partial charge is 0.356 e. The standard InChI is InChI=1S/C19H20ClN7O3S/c1-31-19-23-16(25-7-2-3-8-25)14-11-22-26(17(14)24-19)9-6-21-18(28)13-10-12(20)4-5-15(13)27(29)30/h4-5,10-11H,2-3,6-9H2,1H3,(H,21,28). The maximum Gasteiger partial charge on any atom is 0.282 e. The quantitative estimate of drug-likeness (QED) is 0.246. The second-order valence-electron chi connectivity index (χ2n) is 7.01. The molecule has 1 aromatic carbocycles. The maximum absolute atomic E-state index is 12.5. The summed E-state index contributed by atoms with van der Waals surface area (Å²) in [6, 6.07) is 3.89. The fraction of sp³-hybridized carbons (Fsp3) is 0.368. The van der Waals surface area contributed by atoms with E-state index < -0.39 is 10.8 Å². The molecule has 3 heterocycles. The Kier molecular flexibility index (Phi) is 6.23. The van der Waals surface area contributed by atoms with Crippen molar-refractivity contribution in [2.75, 3.05) is 30.8 Å². The Morgan fingerprint density at radius 1 is 1.32 bits per heavy atom. The first-order valence-electron chi connectivity index (χ1n) is 9.72. The molecule has 162 valence electrons. The summed E-state index contributed by atoms with van der Waals surface area (Å²) in [4.78, 5) is 34.6. The molecule has 4 rings (SSSR count). The monoisotopic (exact) mass is 461 g/mol. The molecule has 0 bridgehead atoms. The molecule has 1 amide bonds. The third-order valence-corrected chi connectivity index (χ3v) is 5.84. The molecular weight excluding hydrogens is 442 g/mol. The normalized spacial score (nSPS) is 13.7. The maximum atomic E-state index is 12.5. The van der Waals surface area contributed by atoms with Gasteiger partial charge < -0.3 is 10.2 Å². The molecule has 31 heavy (non-hydrogen) atoms. The molecule has 1 fully saturated rings. The molecular formula is C19H20ClN7O3S. The van der Waals surface area contributed by atoms with Crippen molar-refractivity contribution < 1.29 is 9.72 Å². The van der Waals surface area contributed by atoms with Gasteiger partial charge in [-0.15, -0.1) is 0 Å². The number of rotatable bonds is 7. The number of aromatic nitrogens is 4. The number of fused-ring (bicyclic) bond motifs is 1. The molecule has 2 aromatic heterocycles. The van der Waals surface area contributed by atoms with Crippen LogP contribution in [0, 0.1) is 10.1 Å². The number of carbonyl (C=O) groups is 1. The van der Waals surface area contributed by atoms with Gasteiger partial charge in [0.1, 0.15) is 11.4 Å². The van der Waals surface area contributed by atoms with E-state index >= 15 is 0 Å². The van der Waals surface area contributed by atoms with Crippen molar-refractivity contribution in [2.45, 2.75) is 24.5 Å². The van der Waals surface area contributed by atoms with Crippen LogP contribution in [-0.4, -0.2) is 56.5 Å². The number of nitrogens with one attached hydrogen (secondary N) is 1. The van der Waals surface area contributed by atoms with Crippen LogP contribution in [0.25, 0.3) is 11.0 Å². The van der Waals surface area contributed by atoms with Gasteiger partial charge in [-0.05, 0) is 31.2 Å². The van der Waals surface area contributed by atoms with Crippen LogP contribution in [0.1, 0.15) is 23.2 Å². The van der Waals surface area contributed by atoms with E-state index in [1.165, 1.54) is 30.0 Å². The number of nitro benzene ring substituents is 1. The average molecular weight is 462 g/mol. The number of carbonyl (C=O) groups excluding carboxylic acids is 1. The number of thioether (sulfide) groups is 1. The van der Waals surface area contributed by atoms with Crippen LogP contribution in [0.2, 0.25) is 5.02 Å². The smallest absolute Gasteiger partial charge is 0.282 e. The number of benzene rings is 1. The Balaban J connectivity index is 1.52. The summed E-state index contributed by atoms with van der Waals surface area (Å²) in [6.07, 6.45) is 5.94. The van der Waals surface area contributed by atoms with Crippen LogP contribution in [0.15, 0.2) is 29.6 Å². The second-order valence-corrected chi connectivity index (χ2v) is 8.22. The molecule has 10 nitrogen and oxygen atoms in total. The zero-order valence-corrected chi connectivity index (χ0v) is 18.3. The Morgan fingerprint density at radius 3 is 2.81 bits per heavy atom. The molecule has 0 atom stereocenters. The zero-order valence-electron chi connectivity index (χ0n) is 16.7. The summed E-state index contributed by atoms with van der Waals surface area (Å²) in [5.41, 5.74) is 0.328. The van der Waals surface area contributed by atoms with Gasteiger partial charge in [-0.1, -0.05) is 23.4 Å². The molecule has 12 heteroatoms. The van der Waals surface area contributed by atoms with E-state index in [4.69, 9.17) is 11.6 Å². The van der Waals surface area contributed by atoms with E-state index in [0.717, 1.165) is 37.1 Å². The second kappa shape index (κ2) is 9.06. The highest BCUT2D eigenvalue weighted by Crippen LogP contribution is 2.29. The zero-order chi connectivity index (χ0) is 22.0. The van der Waals surface area contributed by atoms with E-state index in [-0.39, 0.29) is 22.8 Å². The van der Waals surface area contributed by atoms with Gasteiger partial charge in [-0.25, -0.2) is 14.6 Å². The van der Waals surface area contributed by atoms with Gasteiger partial charge in [0.15, 0.2) is 10.8 Å². The molecule has 1 aliphatic heterocycles. The number of anilines is 1. The fourth-order valence-corrected chi connectivity index (χ4v) is 4.09. The van der Waals surface area contributed by atoms with Crippen molar-refractivity contribution in [3.05, 3.63) is 45.1 Å². The Morgan fingerprint density at radius 2 is 2.10 bits per heavy atom. The average Bonchev–Trinajstić information content (AvgIpc) is 3.43. The molecule has 0 aliphatic carbocycles. The summed E-state index contributed by atoms with van der Waals surface area (Å²) in [7, 11) is 0. The third kappa shape index (κ3) is 4.42. The summed E-state index contributed by atoms with van der Waals surface area (Å²) in [5, 5.41) is 20.1. The SMILES string of the molecule is CSc1nc(N2CCCC2)c2cnn(CCNC(=O)c3cc(Cl)ccc3[N+](=O)[O-])c2n1. The highest BCUT2D eigenvalue weighted by molar-refractivity contribution is 7.98. The lowest BCUT2D eigenvalue weighted by Crippen LogP contribution is -2.28. The predicted octanol–water partition coefficient (Wildman–Crippen LogP) is 3.14. The van der Waals surface area contributed by atoms with Crippen molar-refractivity contribution in [1.82, 2.24) is 25.1 Å². The lowest BCUT2D eigenvalue weighted by atomic mass is 10.1. The van der Waals surface area contributed by atoms with Crippen molar-refractivity contribution in [3.8, 4) is 0 Å². The van der Waals surface area contributed by atoms with Gasteiger partial charge >= 0.3 is 0 Å². The number of nitro groups is 1. The highest BCUT2D eigenvalue weighted by Gasteiger charge is 2.22. The van der Waals surface area contributed by atoms with E-state index in [0.29, 0.717) is 17.3 Å². The summed E-state index contributed by atoms with van der Waals surface area (Å²) in [6.45, 7) is 2.49. The van der Waals surface area contributed by atoms with Crippen LogP contribution >= 0.6 is 23.4 Å². The highest BCUT2D eigenvalue weighted by atomic mass is 35.5. The predicted molar refractivity (Wildman–Crippen MR) is 119 cm³/mol. The number of nitrogens with zero attached hydrogens (tertiary/aromatic N) is 6. The summed E-state index contributed by atoms with van der Waals surface area (Å²) in [5.74, 6) is 0.319. The van der Waals surface area contributed by atoms with Crippen LogP contribution in [0.5, 0.6) is 0 Å². The third-order valence-electron chi connectivity index (χ3n) is 5.05. The molecule has 1 N–H and O–H groups in total. The van der Waals surface area contributed by atoms with Crippen molar-refractivity contribution in [1.29, 1.82) is 0 Å². The molecule has 0 unspecified atom stereocenters. The molecule has 0 saturated carbocycles. The van der Waals surface area contributed by atoms with Crippen molar-refractivity contribution in [3.63, 3.8) is 0 Å². The van der Waals surface area contributed by atoms with Crippen LogP contribution in [0.4, 0.5) is 11.5 Å². The van der Waals surface area contributed by atoms with Crippen LogP contribution in [0.3, 0.4) is 0 Å². The van der Waals surface area contributed by atoms with Crippen LogP contribution in [-0.2, 0) is 6.54 Å². The minimum Gasteiger partial charge on any atom is -0.356 e. The lowest BCUT2D eigenvalue weighted by molar-refractivity contribution is -0.385. The minimum absolute atomic E-state index is 0.0777. The van der Waals surface area contributed by atoms with Gasteiger partial charge in [-0.3, -0.25) is 14.9 Å². The van der Waals surface area contributed by atoms with E-state index in [1.54, 1.807) is 10.9 Å². The topological polar surface area (TPSA) is 119 Å². The molecule has 0 spiro atoms. The Labute approximate surface area is 187 Å². The Hall–Kier alpha value is -2.92. The number of hydrogen-bond acceptors (Lipinski definition) is 8. The first-order valence-corrected chi connectivity index (χ1v) is 11.3. The Bertz CT molecular complexity index is 1150. The van der Waals surface area contributed by atoms with Crippen LogP contribution < -0.4 is 10.2 Å². The molecule has 1 aliphatic rings. The van der Waals surface area contributed by atoms with Gasteiger partial charge in [0.05, 0.1) is 23.1 Å². The first-order chi connectivity index (χ1) is 15.0. The van der Waals surface area contributed by atoms with E-state index in [2.05, 4.69) is 25.3 Å². The molecule has 3 aromatic rings. The number of hydrogen-bond donors (Lipinski definition) is 1. The summed E-state index contributed by atoms with van der Waals surface area (Å²) < 4.78 is 1.71. The van der Waals surface area contributed by atoms with E-state index in [1.807, 2.05) is 6.26 Å². The lowest BCUT2D eigenvalue weighted by Gasteiger charge is -2.17. The fourth-order valence-electron chi connectivity index (χ4n) is 3.57. The van der Waals surface area contributed by atoms with Crippen molar-refractivity contribution in [2.24, 2.45) is 0 Å². The van der Waals surface area contributed by atoms with Gasteiger partial charge in [0.2, 0.25) is 0 Å².